The van der Waals surface area contributed by atoms with E-state index in [1.807, 2.05) is 20.8 Å². The molecule has 0 amide bonds. The van der Waals surface area contributed by atoms with Gasteiger partial charge in [-0.2, -0.15) is 9.40 Å². The summed E-state index contributed by atoms with van der Waals surface area (Å²) >= 11 is 0. The molecule has 0 aliphatic carbocycles. The predicted octanol–water partition coefficient (Wildman–Crippen LogP) is 0.435. The molecule has 0 N–H and O–H groups in total. The largest absolute Gasteiger partial charge is 0.272 e. The summed E-state index contributed by atoms with van der Waals surface area (Å²) in [6.45, 7) is 6.77. The van der Waals surface area contributed by atoms with E-state index in [1.165, 1.54) is 16.7 Å². The normalized spacial score (nSPS) is 24.5. The van der Waals surface area contributed by atoms with E-state index >= 15 is 0 Å². The fourth-order valence-electron chi connectivity index (χ4n) is 2.04. The molecule has 1 aromatic rings. The zero-order valence-corrected chi connectivity index (χ0v) is 13.0. The van der Waals surface area contributed by atoms with E-state index in [9.17, 15) is 12.6 Å². The quantitative estimate of drug-likeness (QED) is 0.812. The molecule has 0 spiro atoms. The molecule has 1 saturated heterocycles. The molecule has 2 rings (SSSR count). The highest BCUT2D eigenvalue weighted by atomic mass is 32.2. The maximum atomic E-state index is 12.5. The average Bonchev–Trinajstić information content (AvgIpc) is 2.81. The summed E-state index contributed by atoms with van der Waals surface area (Å²) in [5, 5.41) is 4.00. The highest BCUT2D eigenvalue weighted by molar-refractivity contribution is 7.89. The van der Waals surface area contributed by atoms with Crippen molar-refractivity contribution in [2.75, 3.05) is 18.8 Å². The van der Waals surface area contributed by atoms with Crippen molar-refractivity contribution in [2.45, 2.75) is 37.0 Å². The van der Waals surface area contributed by atoms with Gasteiger partial charge >= 0.3 is 0 Å². The van der Waals surface area contributed by atoms with Crippen LogP contribution in [-0.2, 0) is 27.4 Å². The molecule has 1 aromatic heterocycles. The van der Waals surface area contributed by atoms with Crippen LogP contribution in [0.2, 0.25) is 0 Å². The maximum absolute atomic E-state index is 12.5. The number of aromatic nitrogens is 2. The molecular formula is C11H19N3O3S2. The van der Waals surface area contributed by atoms with E-state index in [0.717, 1.165) is 0 Å². The SMILES string of the molecule is CCn1cc(S(=O)(=O)N2CCS(=O)C(C)(C)C2)cn1. The highest BCUT2D eigenvalue weighted by Gasteiger charge is 2.39. The van der Waals surface area contributed by atoms with Crippen LogP contribution in [0.25, 0.3) is 0 Å². The smallest absolute Gasteiger partial charge is 0.246 e. The minimum atomic E-state index is -3.53. The van der Waals surface area contributed by atoms with Crippen molar-refractivity contribution >= 4 is 20.8 Å². The van der Waals surface area contributed by atoms with Crippen molar-refractivity contribution < 1.29 is 12.6 Å². The number of hydrogen-bond donors (Lipinski definition) is 0. The number of aryl methyl sites for hydroxylation is 1. The van der Waals surface area contributed by atoms with Gasteiger partial charge < -0.3 is 0 Å². The Morgan fingerprint density at radius 1 is 1.47 bits per heavy atom. The van der Waals surface area contributed by atoms with Gasteiger partial charge in [0, 0.05) is 42.4 Å². The zero-order chi connectivity index (χ0) is 14.3. The topological polar surface area (TPSA) is 72.3 Å². The molecule has 108 valence electrons. The second-order valence-corrected chi connectivity index (χ2v) is 9.32. The third-order valence-corrected chi connectivity index (χ3v) is 6.98. The van der Waals surface area contributed by atoms with Crippen LogP contribution < -0.4 is 0 Å². The Balaban J connectivity index is 2.28. The first kappa shape index (κ1) is 14.7. The van der Waals surface area contributed by atoms with Gasteiger partial charge in [0.05, 0.1) is 10.9 Å². The first-order valence-electron chi connectivity index (χ1n) is 6.18. The summed E-state index contributed by atoms with van der Waals surface area (Å²) in [5.74, 6) is 0.383. The monoisotopic (exact) mass is 305 g/mol. The molecule has 19 heavy (non-hydrogen) atoms. The first-order chi connectivity index (χ1) is 8.77. The van der Waals surface area contributed by atoms with Crippen molar-refractivity contribution in [3.05, 3.63) is 12.4 Å². The first-order valence-corrected chi connectivity index (χ1v) is 8.94. The van der Waals surface area contributed by atoms with E-state index in [4.69, 9.17) is 0 Å². The molecule has 1 fully saturated rings. The van der Waals surface area contributed by atoms with E-state index in [2.05, 4.69) is 5.10 Å². The van der Waals surface area contributed by atoms with Crippen LogP contribution in [0.4, 0.5) is 0 Å². The van der Waals surface area contributed by atoms with E-state index in [0.29, 0.717) is 18.8 Å². The molecule has 0 radical (unpaired) electrons. The molecule has 0 aromatic carbocycles. The van der Waals surface area contributed by atoms with E-state index < -0.39 is 25.6 Å². The van der Waals surface area contributed by atoms with Crippen LogP contribution in [0.15, 0.2) is 17.3 Å². The van der Waals surface area contributed by atoms with Gasteiger partial charge in [-0.05, 0) is 20.8 Å². The summed E-state index contributed by atoms with van der Waals surface area (Å²) in [6.07, 6.45) is 2.91. The molecule has 0 saturated carbocycles. The molecule has 1 aliphatic rings. The van der Waals surface area contributed by atoms with Crippen LogP contribution in [0, 0.1) is 0 Å². The van der Waals surface area contributed by atoms with E-state index in [1.54, 1.807) is 4.68 Å². The lowest BCUT2D eigenvalue weighted by molar-refractivity contribution is 0.378. The van der Waals surface area contributed by atoms with Crippen LogP contribution in [0.3, 0.4) is 0 Å². The van der Waals surface area contributed by atoms with Gasteiger partial charge in [0.1, 0.15) is 4.90 Å². The maximum Gasteiger partial charge on any atom is 0.246 e. The van der Waals surface area contributed by atoms with Crippen molar-refractivity contribution in [2.24, 2.45) is 0 Å². The second kappa shape index (κ2) is 4.99. The van der Waals surface area contributed by atoms with Crippen LogP contribution in [-0.4, -0.2) is 50.3 Å². The zero-order valence-electron chi connectivity index (χ0n) is 11.4. The van der Waals surface area contributed by atoms with Gasteiger partial charge in [0.15, 0.2) is 0 Å². The summed E-state index contributed by atoms with van der Waals surface area (Å²) in [7, 11) is -4.52. The van der Waals surface area contributed by atoms with Crippen LogP contribution >= 0.6 is 0 Å². The fourth-order valence-corrected chi connectivity index (χ4v) is 5.04. The Kier molecular flexibility index (Phi) is 3.85. The third-order valence-electron chi connectivity index (χ3n) is 3.27. The minimum absolute atomic E-state index is 0.206. The van der Waals surface area contributed by atoms with Gasteiger partial charge in [-0.1, -0.05) is 0 Å². The standard InChI is InChI=1S/C11H19N3O3S2/c1-4-13-8-10(7-12-13)19(16,17)14-5-6-18(15)11(2,3)9-14/h7-8H,4-6,9H2,1-3H3. The van der Waals surface area contributed by atoms with Gasteiger partial charge in [-0.25, -0.2) is 8.42 Å². The molecule has 0 bridgehead atoms. The summed E-state index contributed by atoms with van der Waals surface area (Å²) in [6, 6.07) is 0. The van der Waals surface area contributed by atoms with Gasteiger partial charge in [-0.15, -0.1) is 0 Å². The van der Waals surface area contributed by atoms with E-state index in [-0.39, 0.29) is 11.4 Å². The number of rotatable bonds is 3. The highest BCUT2D eigenvalue weighted by Crippen LogP contribution is 2.25. The Morgan fingerprint density at radius 3 is 2.68 bits per heavy atom. The average molecular weight is 305 g/mol. The number of hydrogen-bond acceptors (Lipinski definition) is 4. The van der Waals surface area contributed by atoms with Gasteiger partial charge in [0.25, 0.3) is 0 Å². The van der Waals surface area contributed by atoms with Crippen molar-refractivity contribution in [3.63, 3.8) is 0 Å². The summed E-state index contributed by atoms with van der Waals surface area (Å²) < 4.78 is 39.3. The van der Waals surface area contributed by atoms with Crippen LogP contribution in [0.1, 0.15) is 20.8 Å². The molecule has 6 nitrogen and oxygen atoms in total. The second-order valence-electron chi connectivity index (χ2n) is 5.18. The lowest BCUT2D eigenvalue weighted by Gasteiger charge is -2.36. The number of nitrogens with zero attached hydrogens (tertiary/aromatic N) is 3. The molecule has 8 heteroatoms. The lowest BCUT2D eigenvalue weighted by atomic mass is 10.2. The van der Waals surface area contributed by atoms with Crippen molar-refractivity contribution in [3.8, 4) is 0 Å². The Morgan fingerprint density at radius 2 is 2.16 bits per heavy atom. The third kappa shape index (κ3) is 2.75. The Hall–Kier alpha value is -0.730. The van der Waals surface area contributed by atoms with Gasteiger partial charge in [0.2, 0.25) is 10.0 Å². The predicted molar refractivity (Wildman–Crippen MR) is 73.7 cm³/mol. The Labute approximate surface area is 116 Å². The van der Waals surface area contributed by atoms with Crippen molar-refractivity contribution in [1.82, 2.24) is 14.1 Å². The molecule has 1 unspecified atom stereocenters. The van der Waals surface area contributed by atoms with Crippen LogP contribution in [0.5, 0.6) is 0 Å². The van der Waals surface area contributed by atoms with Gasteiger partial charge in [-0.3, -0.25) is 8.89 Å². The summed E-state index contributed by atoms with van der Waals surface area (Å²) in [5.41, 5.74) is 0. The molecule has 1 atom stereocenters. The molecule has 2 heterocycles. The lowest BCUT2D eigenvalue weighted by Crippen LogP contribution is -2.51. The summed E-state index contributed by atoms with van der Waals surface area (Å²) in [4.78, 5) is 0.206. The minimum Gasteiger partial charge on any atom is -0.272 e. The Bertz CT molecular complexity index is 592. The molecule has 1 aliphatic heterocycles. The van der Waals surface area contributed by atoms with Crippen molar-refractivity contribution in [1.29, 1.82) is 0 Å². The molecular weight excluding hydrogens is 286 g/mol. The number of sulfonamides is 1. The fraction of sp³-hybridized carbons (Fsp3) is 0.727.